The number of benzene rings is 1. The van der Waals surface area contributed by atoms with E-state index in [-0.39, 0.29) is 29.3 Å². The van der Waals surface area contributed by atoms with Crippen molar-refractivity contribution in [2.45, 2.75) is 57.3 Å². The highest BCUT2D eigenvalue weighted by molar-refractivity contribution is 5.93. The molecular formula is C28H33F2N7O3. The number of hydrogen-bond acceptors (Lipinski definition) is 7. The maximum atomic E-state index is 14.4. The minimum atomic E-state index is -0.713. The van der Waals surface area contributed by atoms with E-state index in [1.165, 1.54) is 0 Å². The van der Waals surface area contributed by atoms with Gasteiger partial charge < -0.3 is 21.1 Å². The third-order valence-corrected chi connectivity index (χ3v) is 8.53. The summed E-state index contributed by atoms with van der Waals surface area (Å²) in [7, 11) is 0. The van der Waals surface area contributed by atoms with Crippen LogP contribution >= 0.6 is 0 Å². The van der Waals surface area contributed by atoms with Gasteiger partial charge in [0.05, 0.1) is 12.3 Å². The summed E-state index contributed by atoms with van der Waals surface area (Å²) in [5.74, 6) is -1.74. The summed E-state index contributed by atoms with van der Waals surface area (Å²) in [6, 6.07) is 4.58. The van der Waals surface area contributed by atoms with E-state index in [1.54, 1.807) is 15.5 Å². The van der Waals surface area contributed by atoms with Crippen molar-refractivity contribution in [3.05, 3.63) is 64.1 Å². The first-order chi connectivity index (χ1) is 19.2. The highest BCUT2D eigenvalue weighted by atomic mass is 19.1. The lowest BCUT2D eigenvalue weighted by Gasteiger charge is -2.41. The van der Waals surface area contributed by atoms with E-state index in [9.17, 15) is 18.4 Å². The summed E-state index contributed by atoms with van der Waals surface area (Å²) in [6.45, 7) is 4.47. The zero-order valence-corrected chi connectivity index (χ0v) is 22.4. The summed E-state index contributed by atoms with van der Waals surface area (Å²) in [5, 5.41) is 4.78. The number of piperidine rings is 1. The molecule has 6 rings (SSSR count). The van der Waals surface area contributed by atoms with Crippen LogP contribution in [0.2, 0.25) is 0 Å². The topological polar surface area (TPSA) is 132 Å². The number of aromatic nitrogens is 3. The number of ether oxygens (including phenoxy) is 1. The number of primary amides is 1. The van der Waals surface area contributed by atoms with Gasteiger partial charge in [0.1, 0.15) is 23.4 Å². The van der Waals surface area contributed by atoms with Crippen LogP contribution in [-0.2, 0) is 22.5 Å². The Hall–Kier alpha value is -3.48. The van der Waals surface area contributed by atoms with E-state index in [2.05, 4.69) is 4.90 Å². The number of aryl methyl sites for hydroxylation is 1. The smallest absolute Gasteiger partial charge is 0.272 e. The summed E-state index contributed by atoms with van der Waals surface area (Å²) in [4.78, 5) is 33.6. The van der Waals surface area contributed by atoms with E-state index in [4.69, 9.17) is 26.3 Å². The lowest BCUT2D eigenvalue weighted by Crippen LogP contribution is -2.50. The lowest BCUT2D eigenvalue weighted by molar-refractivity contribution is -0.123. The number of nitrogens with two attached hydrogens (primary N) is 2. The van der Waals surface area contributed by atoms with E-state index in [1.807, 2.05) is 6.92 Å². The summed E-state index contributed by atoms with van der Waals surface area (Å²) < 4.78 is 35.9. The number of fused-ring (bicyclic) bond motifs is 3. The Kier molecular flexibility index (Phi) is 7.01. The monoisotopic (exact) mass is 553 g/mol. The molecule has 4 N–H and O–H groups in total. The van der Waals surface area contributed by atoms with Crippen molar-refractivity contribution in [1.82, 2.24) is 24.4 Å². The molecule has 1 aromatic carbocycles. The molecule has 3 aliphatic heterocycles. The fourth-order valence-electron chi connectivity index (χ4n) is 6.25. The predicted octanol–water partition coefficient (Wildman–Crippen LogP) is 1.87. The van der Waals surface area contributed by atoms with Crippen molar-refractivity contribution in [2.75, 3.05) is 26.2 Å². The number of nitrogens with zero attached hydrogens (tertiary/aromatic N) is 5. The Balaban J connectivity index is 1.19. The molecule has 12 heteroatoms. The van der Waals surface area contributed by atoms with Gasteiger partial charge >= 0.3 is 0 Å². The molecule has 0 saturated carbocycles. The number of carbonyl (C=O) groups is 2. The summed E-state index contributed by atoms with van der Waals surface area (Å²) in [6.07, 6.45) is 1.66. The van der Waals surface area contributed by atoms with Crippen molar-refractivity contribution in [3.63, 3.8) is 0 Å². The van der Waals surface area contributed by atoms with Crippen LogP contribution in [0.4, 0.5) is 8.78 Å². The van der Waals surface area contributed by atoms with Gasteiger partial charge in [-0.15, -0.1) is 0 Å². The molecule has 2 fully saturated rings. The van der Waals surface area contributed by atoms with Crippen LogP contribution in [0, 0.1) is 24.5 Å². The Labute approximate surface area is 230 Å². The maximum absolute atomic E-state index is 14.4. The van der Waals surface area contributed by atoms with Crippen LogP contribution < -0.4 is 11.5 Å². The first-order valence-corrected chi connectivity index (χ1v) is 13.7. The standard InChI is InChI=1S/C28H33F2N7O3/c1-15-10-24(28(39)35-7-4-16(5-8-35)26(32)38)33-27-20-13-36(9-6-23(20)34-37(15)27)18-12-22(31)25(40-14-18)19-11-17(29)2-3-21(19)30/h2-3,10-11,16,18,22,25H,4-9,12-14,31H2,1H3,(H2,32,38)/t18-,22+,25-/m1/s1. The van der Waals surface area contributed by atoms with Gasteiger partial charge in [-0.05, 0) is 50.5 Å². The fraction of sp³-hybridized carbons (Fsp3) is 0.500. The van der Waals surface area contributed by atoms with Crippen LogP contribution in [0.5, 0.6) is 0 Å². The minimum absolute atomic E-state index is 0.0107. The number of hydrogen-bond donors (Lipinski definition) is 2. The number of amides is 2. The van der Waals surface area contributed by atoms with Crippen molar-refractivity contribution < 1.29 is 23.1 Å². The van der Waals surface area contributed by atoms with Crippen LogP contribution in [0.1, 0.15) is 58.4 Å². The van der Waals surface area contributed by atoms with Crippen LogP contribution in [0.15, 0.2) is 24.3 Å². The highest BCUT2D eigenvalue weighted by Crippen LogP contribution is 2.33. The molecule has 212 valence electrons. The minimum Gasteiger partial charge on any atom is -0.370 e. The number of halogens is 2. The van der Waals surface area contributed by atoms with Gasteiger partial charge in [0.2, 0.25) is 5.91 Å². The normalized spacial score (nSPS) is 24.3. The third kappa shape index (κ3) is 4.84. The molecule has 0 unspecified atom stereocenters. The summed E-state index contributed by atoms with van der Waals surface area (Å²) in [5.41, 5.74) is 15.7. The quantitative estimate of drug-likeness (QED) is 0.504. The van der Waals surface area contributed by atoms with E-state index >= 15 is 0 Å². The maximum Gasteiger partial charge on any atom is 0.272 e. The average Bonchev–Trinajstić information content (AvgIpc) is 3.32. The summed E-state index contributed by atoms with van der Waals surface area (Å²) >= 11 is 0. The highest BCUT2D eigenvalue weighted by Gasteiger charge is 2.37. The Morgan fingerprint density at radius 1 is 1.12 bits per heavy atom. The molecule has 40 heavy (non-hydrogen) atoms. The molecule has 3 aromatic rings. The first kappa shape index (κ1) is 26.7. The Morgan fingerprint density at radius 3 is 2.62 bits per heavy atom. The Morgan fingerprint density at radius 2 is 1.90 bits per heavy atom. The second-order valence-corrected chi connectivity index (χ2v) is 11.1. The third-order valence-electron chi connectivity index (χ3n) is 8.53. The van der Waals surface area contributed by atoms with Gasteiger partial charge in [-0.25, -0.2) is 18.3 Å². The molecule has 3 atom stereocenters. The lowest BCUT2D eigenvalue weighted by atomic mass is 9.92. The van der Waals surface area contributed by atoms with Crippen LogP contribution in [0.3, 0.4) is 0 Å². The van der Waals surface area contributed by atoms with Gasteiger partial charge in [-0.2, -0.15) is 5.10 Å². The number of likely N-dealkylation sites (tertiary alicyclic amines) is 1. The fourth-order valence-corrected chi connectivity index (χ4v) is 6.25. The average molecular weight is 554 g/mol. The van der Waals surface area contributed by atoms with E-state index in [0.717, 1.165) is 41.7 Å². The molecular weight excluding hydrogens is 520 g/mol. The van der Waals surface area contributed by atoms with Crippen molar-refractivity contribution in [3.8, 4) is 0 Å². The van der Waals surface area contributed by atoms with E-state index < -0.39 is 23.8 Å². The first-order valence-electron chi connectivity index (χ1n) is 13.7. The number of rotatable bonds is 4. The van der Waals surface area contributed by atoms with Gasteiger partial charge in [-0.1, -0.05) is 0 Å². The largest absolute Gasteiger partial charge is 0.370 e. The second-order valence-electron chi connectivity index (χ2n) is 11.1. The molecule has 0 aliphatic carbocycles. The van der Waals surface area contributed by atoms with Gasteiger partial charge in [-0.3, -0.25) is 14.5 Å². The van der Waals surface area contributed by atoms with Crippen LogP contribution in [0.25, 0.3) is 5.65 Å². The second kappa shape index (κ2) is 10.5. The molecule has 2 aromatic heterocycles. The molecule has 3 aliphatic rings. The molecule has 10 nitrogen and oxygen atoms in total. The van der Waals surface area contributed by atoms with Crippen molar-refractivity contribution >= 4 is 17.5 Å². The Bertz CT molecular complexity index is 1470. The SMILES string of the molecule is Cc1cc(C(=O)N2CCC(C(N)=O)CC2)nc2c3c(nn12)CCN([C@H]1CO[C@H](c2cc(F)ccc2F)[C@@H](N)C1)C3. The molecule has 2 saturated heterocycles. The molecule has 0 spiro atoms. The number of carbonyl (C=O) groups excluding carboxylic acids is 2. The molecule has 0 radical (unpaired) electrons. The van der Waals surface area contributed by atoms with Gasteiger partial charge in [0, 0.05) is 67.4 Å². The van der Waals surface area contributed by atoms with Crippen molar-refractivity contribution in [1.29, 1.82) is 0 Å². The predicted molar refractivity (Wildman–Crippen MR) is 141 cm³/mol. The molecule has 0 bridgehead atoms. The zero-order valence-electron chi connectivity index (χ0n) is 22.4. The zero-order chi connectivity index (χ0) is 28.1. The van der Waals surface area contributed by atoms with Crippen LogP contribution in [-0.4, -0.2) is 74.5 Å². The van der Waals surface area contributed by atoms with Gasteiger partial charge in [0.15, 0.2) is 5.65 Å². The van der Waals surface area contributed by atoms with E-state index in [0.29, 0.717) is 63.3 Å². The molecule has 2 amide bonds. The van der Waals surface area contributed by atoms with Gasteiger partial charge in [0.25, 0.3) is 5.91 Å². The van der Waals surface area contributed by atoms with Crippen molar-refractivity contribution in [2.24, 2.45) is 17.4 Å². The molecule has 5 heterocycles.